The fraction of sp³-hybridized carbons (Fsp3) is 0.714. The molecule has 1 heterocycles. The van der Waals surface area contributed by atoms with E-state index in [-0.39, 0.29) is 17.9 Å². The maximum absolute atomic E-state index is 10.5. The number of allylic oxidation sites excluding steroid dienone is 3. The topological polar surface area (TPSA) is 49.7 Å². The molecule has 136 valence electrons. The van der Waals surface area contributed by atoms with Gasteiger partial charge in [-0.2, -0.15) is 0 Å². The van der Waals surface area contributed by atoms with Crippen LogP contribution in [-0.2, 0) is 4.74 Å². The molecule has 1 saturated carbocycles. The molecular weight excluding hydrogens is 300 g/mol. The van der Waals surface area contributed by atoms with Crippen LogP contribution in [0.5, 0.6) is 0 Å². The fourth-order valence-corrected chi connectivity index (χ4v) is 3.84. The lowest BCUT2D eigenvalue weighted by Crippen LogP contribution is -2.22. The summed E-state index contributed by atoms with van der Waals surface area (Å²) in [6.45, 7) is 6.19. The zero-order chi connectivity index (χ0) is 17.4. The van der Waals surface area contributed by atoms with Crippen molar-refractivity contribution in [3.63, 3.8) is 0 Å². The molecule has 2 aliphatic rings. The van der Waals surface area contributed by atoms with E-state index in [1.165, 1.54) is 0 Å². The van der Waals surface area contributed by atoms with E-state index in [1.54, 1.807) is 0 Å². The third-order valence-corrected chi connectivity index (χ3v) is 5.27. The molecule has 0 aromatic rings. The molecule has 2 rings (SSSR count). The number of unbranched alkanes of at least 4 members (excludes halogenated alkanes) is 2. The Kier molecular flexibility index (Phi) is 8.07. The second-order valence-electron chi connectivity index (χ2n) is 7.29. The van der Waals surface area contributed by atoms with Crippen molar-refractivity contribution < 1.29 is 14.9 Å². The molecule has 0 radical (unpaired) electrons. The Labute approximate surface area is 147 Å². The van der Waals surface area contributed by atoms with Crippen LogP contribution in [0, 0.1) is 11.8 Å². The van der Waals surface area contributed by atoms with Gasteiger partial charge in [-0.15, -0.1) is 0 Å². The van der Waals surface area contributed by atoms with Crippen molar-refractivity contribution >= 4 is 0 Å². The van der Waals surface area contributed by atoms with Gasteiger partial charge >= 0.3 is 0 Å². The summed E-state index contributed by atoms with van der Waals surface area (Å²) in [5.41, 5.74) is 0. The molecule has 1 aliphatic carbocycles. The second-order valence-corrected chi connectivity index (χ2v) is 7.29. The SMILES string of the molecule is C=C1CCC/C=C\C[C@@H]2[C@@H](/C=C/[C@@H](O)CCCCC)[C@H](O)C[C@@H]2O1. The monoisotopic (exact) mass is 334 g/mol. The minimum Gasteiger partial charge on any atom is -0.495 e. The Morgan fingerprint density at radius 3 is 3.00 bits per heavy atom. The predicted molar refractivity (Wildman–Crippen MR) is 98.5 cm³/mol. The maximum Gasteiger partial charge on any atom is 0.104 e. The van der Waals surface area contributed by atoms with Gasteiger partial charge in [-0.25, -0.2) is 0 Å². The number of ether oxygens (including phenoxy) is 1. The van der Waals surface area contributed by atoms with E-state index in [2.05, 4.69) is 25.7 Å². The molecule has 1 fully saturated rings. The van der Waals surface area contributed by atoms with Crippen molar-refractivity contribution in [2.45, 2.75) is 83.0 Å². The van der Waals surface area contributed by atoms with Gasteiger partial charge in [0.15, 0.2) is 0 Å². The van der Waals surface area contributed by atoms with Crippen LogP contribution in [-0.4, -0.2) is 28.5 Å². The average Bonchev–Trinajstić information content (AvgIpc) is 2.84. The van der Waals surface area contributed by atoms with Gasteiger partial charge in [0.2, 0.25) is 0 Å². The predicted octanol–water partition coefficient (Wildman–Crippen LogP) is 4.51. The summed E-state index contributed by atoms with van der Waals surface area (Å²) >= 11 is 0. The first kappa shape index (κ1) is 19.3. The summed E-state index contributed by atoms with van der Waals surface area (Å²) in [7, 11) is 0. The molecule has 2 N–H and O–H groups in total. The van der Waals surface area contributed by atoms with Crippen molar-refractivity contribution in [3.8, 4) is 0 Å². The van der Waals surface area contributed by atoms with Gasteiger partial charge in [0.25, 0.3) is 0 Å². The molecule has 3 nitrogen and oxygen atoms in total. The van der Waals surface area contributed by atoms with Crippen LogP contribution in [0.3, 0.4) is 0 Å². The lowest BCUT2D eigenvalue weighted by Gasteiger charge is -2.25. The number of hydrogen-bond acceptors (Lipinski definition) is 3. The number of hydrogen-bond donors (Lipinski definition) is 2. The van der Waals surface area contributed by atoms with E-state index in [0.717, 1.165) is 57.1 Å². The van der Waals surface area contributed by atoms with Crippen molar-refractivity contribution in [1.82, 2.24) is 0 Å². The summed E-state index contributed by atoms with van der Waals surface area (Å²) in [4.78, 5) is 0. The van der Waals surface area contributed by atoms with Crippen LogP contribution in [0.15, 0.2) is 36.6 Å². The van der Waals surface area contributed by atoms with Crippen LogP contribution in [0.2, 0.25) is 0 Å². The Hall–Kier alpha value is -1.06. The van der Waals surface area contributed by atoms with Gasteiger partial charge in [-0.1, -0.05) is 57.1 Å². The Balaban J connectivity index is 1.99. The van der Waals surface area contributed by atoms with Gasteiger partial charge in [-0.05, 0) is 25.7 Å². The van der Waals surface area contributed by atoms with Crippen molar-refractivity contribution in [2.75, 3.05) is 0 Å². The summed E-state index contributed by atoms with van der Waals surface area (Å²) in [6.07, 6.45) is 16.3. The lowest BCUT2D eigenvalue weighted by molar-refractivity contribution is 0.0698. The van der Waals surface area contributed by atoms with E-state index >= 15 is 0 Å². The molecular formula is C21H34O3. The standard InChI is InChI=1S/C21H34O3/c1-3-4-7-11-17(22)13-14-18-19-12-9-6-5-8-10-16(2)24-21(19)15-20(18)23/h6,9,13-14,17-23H,2-5,7-8,10-12,15H2,1H3/b9-6-,14-13+/t17-,18+,19+,20+,21-/m0/s1. The molecule has 1 aliphatic heterocycles. The van der Waals surface area contributed by atoms with Crippen molar-refractivity contribution in [3.05, 3.63) is 36.6 Å². The summed E-state index contributed by atoms with van der Waals surface area (Å²) in [5.74, 6) is 1.15. The van der Waals surface area contributed by atoms with Gasteiger partial charge < -0.3 is 14.9 Å². The number of aliphatic hydroxyl groups excluding tert-OH is 2. The molecule has 0 spiro atoms. The fourth-order valence-electron chi connectivity index (χ4n) is 3.84. The Morgan fingerprint density at radius 2 is 2.21 bits per heavy atom. The van der Waals surface area contributed by atoms with E-state index in [1.807, 2.05) is 12.2 Å². The van der Waals surface area contributed by atoms with E-state index in [9.17, 15) is 10.2 Å². The summed E-state index contributed by atoms with van der Waals surface area (Å²) < 4.78 is 6.05. The van der Waals surface area contributed by atoms with Crippen LogP contribution in [0.4, 0.5) is 0 Å². The minimum absolute atomic E-state index is 0.0298. The smallest absolute Gasteiger partial charge is 0.104 e. The molecule has 24 heavy (non-hydrogen) atoms. The van der Waals surface area contributed by atoms with E-state index in [0.29, 0.717) is 6.42 Å². The minimum atomic E-state index is -0.409. The molecule has 0 aromatic heterocycles. The number of aliphatic hydroxyl groups is 2. The third-order valence-electron chi connectivity index (χ3n) is 5.27. The first-order chi connectivity index (χ1) is 11.6. The molecule has 0 aromatic carbocycles. The third kappa shape index (κ3) is 5.78. The highest BCUT2D eigenvalue weighted by molar-refractivity contribution is 5.08. The molecule has 0 unspecified atom stereocenters. The maximum atomic E-state index is 10.5. The molecule has 5 atom stereocenters. The highest BCUT2D eigenvalue weighted by Crippen LogP contribution is 2.39. The highest BCUT2D eigenvalue weighted by atomic mass is 16.5. The van der Waals surface area contributed by atoms with E-state index < -0.39 is 12.2 Å². The summed E-state index contributed by atoms with van der Waals surface area (Å²) in [5, 5.41) is 20.6. The molecule has 0 saturated heterocycles. The summed E-state index contributed by atoms with van der Waals surface area (Å²) in [6, 6.07) is 0. The zero-order valence-corrected chi connectivity index (χ0v) is 15.1. The first-order valence-electron chi connectivity index (χ1n) is 9.65. The average molecular weight is 335 g/mol. The van der Waals surface area contributed by atoms with Crippen LogP contribution >= 0.6 is 0 Å². The highest BCUT2D eigenvalue weighted by Gasteiger charge is 2.42. The molecule has 3 heteroatoms. The van der Waals surface area contributed by atoms with Gasteiger partial charge in [-0.3, -0.25) is 0 Å². The molecule has 0 amide bonds. The second kappa shape index (κ2) is 10.0. The van der Waals surface area contributed by atoms with Crippen LogP contribution in [0.1, 0.15) is 64.7 Å². The van der Waals surface area contributed by atoms with Gasteiger partial charge in [0.05, 0.1) is 18.0 Å². The van der Waals surface area contributed by atoms with E-state index in [4.69, 9.17) is 4.74 Å². The quantitative estimate of drug-likeness (QED) is 0.555. The van der Waals surface area contributed by atoms with Crippen molar-refractivity contribution in [2.24, 2.45) is 11.8 Å². The van der Waals surface area contributed by atoms with Crippen LogP contribution in [0.25, 0.3) is 0 Å². The molecule has 0 bridgehead atoms. The van der Waals surface area contributed by atoms with Crippen LogP contribution < -0.4 is 0 Å². The number of rotatable bonds is 6. The zero-order valence-electron chi connectivity index (χ0n) is 15.1. The Bertz CT molecular complexity index is 440. The first-order valence-corrected chi connectivity index (χ1v) is 9.65. The van der Waals surface area contributed by atoms with Crippen molar-refractivity contribution in [1.29, 1.82) is 0 Å². The number of fused-ring (bicyclic) bond motifs is 1. The normalized spacial score (nSPS) is 33.9. The Morgan fingerprint density at radius 1 is 1.38 bits per heavy atom. The van der Waals surface area contributed by atoms with Gasteiger partial charge in [0.1, 0.15) is 6.10 Å². The largest absolute Gasteiger partial charge is 0.495 e. The van der Waals surface area contributed by atoms with Gasteiger partial charge in [0, 0.05) is 24.7 Å². The lowest BCUT2D eigenvalue weighted by atomic mass is 9.89.